The van der Waals surface area contributed by atoms with Crippen LogP contribution in [0.2, 0.25) is 0 Å². The number of alkyl halides is 3. The van der Waals surface area contributed by atoms with Gasteiger partial charge < -0.3 is 10.6 Å². The molecule has 0 saturated carbocycles. The minimum atomic E-state index is -4.51. The first-order valence-corrected chi connectivity index (χ1v) is 8.15. The van der Waals surface area contributed by atoms with Crippen LogP contribution in [0, 0.1) is 0 Å². The van der Waals surface area contributed by atoms with E-state index in [1.54, 1.807) is 0 Å². The van der Waals surface area contributed by atoms with E-state index in [9.17, 15) is 18.0 Å². The Morgan fingerprint density at radius 2 is 2.23 bits per heavy atom. The Balaban J connectivity index is 1.83. The van der Waals surface area contributed by atoms with Crippen molar-refractivity contribution in [3.05, 3.63) is 36.4 Å². The molecule has 7 nitrogen and oxygen atoms in total. The smallest absolute Gasteiger partial charge is 0.323 e. The molecule has 140 valence electrons. The van der Waals surface area contributed by atoms with Gasteiger partial charge in [0.1, 0.15) is 12.7 Å². The molecule has 0 bridgehead atoms. The number of rotatable bonds is 4. The number of amides is 1. The van der Waals surface area contributed by atoms with E-state index in [1.165, 1.54) is 23.4 Å². The zero-order valence-electron chi connectivity index (χ0n) is 14.1. The van der Waals surface area contributed by atoms with Gasteiger partial charge in [-0.15, -0.1) is 0 Å². The second-order valence-electron chi connectivity index (χ2n) is 6.14. The van der Waals surface area contributed by atoms with Gasteiger partial charge in [-0.25, -0.2) is 9.67 Å². The third-order valence-corrected chi connectivity index (χ3v) is 4.25. The van der Waals surface area contributed by atoms with Crippen molar-refractivity contribution in [1.29, 1.82) is 0 Å². The Kier molecular flexibility index (Phi) is 5.23. The molecule has 1 aliphatic heterocycles. The topological polar surface area (TPSA) is 75.1 Å². The fourth-order valence-electron chi connectivity index (χ4n) is 2.84. The maximum Gasteiger partial charge on any atom is 0.416 e. The molecule has 10 heteroatoms. The highest BCUT2D eigenvalue weighted by molar-refractivity contribution is 5.94. The third kappa shape index (κ3) is 4.20. The summed E-state index contributed by atoms with van der Waals surface area (Å²) < 4.78 is 40.4. The molecule has 2 heterocycles. The molecule has 26 heavy (non-hydrogen) atoms. The molecule has 1 aliphatic rings. The predicted octanol–water partition coefficient (Wildman–Crippen LogP) is 1.52. The van der Waals surface area contributed by atoms with Gasteiger partial charge >= 0.3 is 6.18 Å². The molecular weight excluding hydrogens is 349 g/mol. The average molecular weight is 368 g/mol. The summed E-state index contributed by atoms with van der Waals surface area (Å²) in [5, 5.41) is 9.74. The predicted molar refractivity (Wildman–Crippen MR) is 88.9 cm³/mol. The van der Waals surface area contributed by atoms with Gasteiger partial charge in [0.05, 0.1) is 23.5 Å². The number of nitrogens with one attached hydrogen (secondary N) is 2. The quantitative estimate of drug-likeness (QED) is 0.856. The van der Waals surface area contributed by atoms with Crippen LogP contribution < -0.4 is 10.6 Å². The molecule has 0 spiro atoms. The first-order valence-electron chi connectivity index (χ1n) is 8.15. The zero-order chi connectivity index (χ0) is 18.7. The summed E-state index contributed by atoms with van der Waals surface area (Å²) in [6, 6.07) is 3.30. The number of hydrogen-bond acceptors (Lipinski definition) is 5. The summed E-state index contributed by atoms with van der Waals surface area (Å²) in [6.07, 6.45) is -1.88. The monoisotopic (exact) mass is 368 g/mol. The Morgan fingerprint density at radius 1 is 1.42 bits per heavy atom. The van der Waals surface area contributed by atoms with E-state index in [1.807, 2.05) is 11.8 Å². The lowest BCUT2D eigenvalue weighted by atomic mass is 10.1. The normalized spacial score (nSPS) is 18.7. The van der Waals surface area contributed by atoms with Crippen LogP contribution in [0.25, 0.3) is 5.69 Å². The van der Waals surface area contributed by atoms with Crippen molar-refractivity contribution >= 4 is 11.6 Å². The van der Waals surface area contributed by atoms with Crippen LogP contribution >= 0.6 is 0 Å². The minimum absolute atomic E-state index is 0.0399. The average Bonchev–Trinajstić information content (AvgIpc) is 3.10. The lowest BCUT2D eigenvalue weighted by Gasteiger charge is -2.33. The van der Waals surface area contributed by atoms with Crippen LogP contribution in [0.1, 0.15) is 12.5 Å². The highest BCUT2D eigenvalue weighted by Crippen LogP contribution is 2.33. The molecule has 0 radical (unpaired) electrons. The molecule has 2 N–H and O–H groups in total. The number of piperazine rings is 1. The van der Waals surface area contributed by atoms with Crippen LogP contribution in [0.15, 0.2) is 30.9 Å². The van der Waals surface area contributed by atoms with Crippen molar-refractivity contribution < 1.29 is 18.0 Å². The van der Waals surface area contributed by atoms with Crippen molar-refractivity contribution in [2.75, 3.05) is 31.5 Å². The van der Waals surface area contributed by atoms with Crippen molar-refractivity contribution in [1.82, 2.24) is 25.0 Å². The lowest BCUT2D eigenvalue weighted by molar-refractivity contribution is -0.137. The van der Waals surface area contributed by atoms with Crippen molar-refractivity contribution in [2.24, 2.45) is 0 Å². The number of anilines is 1. The van der Waals surface area contributed by atoms with Gasteiger partial charge in [-0.3, -0.25) is 9.69 Å². The van der Waals surface area contributed by atoms with E-state index < -0.39 is 11.7 Å². The number of hydrogen-bond donors (Lipinski definition) is 2. The zero-order valence-corrected chi connectivity index (χ0v) is 14.1. The number of carbonyl (C=O) groups excluding carboxylic acids is 1. The van der Waals surface area contributed by atoms with Crippen molar-refractivity contribution in [3.8, 4) is 5.69 Å². The van der Waals surface area contributed by atoms with Crippen molar-refractivity contribution in [2.45, 2.75) is 19.1 Å². The summed E-state index contributed by atoms with van der Waals surface area (Å²) in [4.78, 5) is 18.2. The Hall–Kier alpha value is -2.46. The number of benzene rings is 1. The third-order valence-electron chi connectivity index (χ3n) is 4.25. The van der Waals surface area contributed by atoms with Crippen LogP contribution in [-0.4, -0.2) is 57.8 Å². The second kappa shape index (κ2) is 7.42. The summed E-state index contributed by atoms with van der Waals surface area (Å²) in [5.41, 5.74) is -0.484. The molecule has 2 aromatic rings. The van der Waals surface area contributed by atoms with E-state index >= 15 is 0 Å². The number of halogens is 3. The van der Waals surface area contributed by atoms with Gasteiger partial charge in [-0.2, -0.15) is 18.3 Å². The van der Waals surface area contributed by atoms with E-state index in [0.717, 1.165) is 25.2 Å². The van der Waals surface area contributed by atoms with Gasteiger partial charge in [-0.05, 0) is 25.1 Å². The van der Waals surface area contributed by atoms with E-state index in [4.69, 9.17) is 0 Å². The summed E-state index contributed by atoms with van der Waals surface area (Å²) in [5.74, 6) is -0.376. The number of carbonyl (C=O) groups is 1. The van der Waals surface area contributed by atoms with Gasteiger partial charge in [-0.1, -0.05) is 0 Å². The molecule has 1 saturated heterocycles. The molecular formula is C16H19F3N6O. The first-order chi connectivity index (χ1) is 12.3. The van der Waals surface area contributed by atoms with Crippen LogP contribution in [0.3, 0.4) is 0 Å². The Labute approximate surface area is 148 Å². The Bertz CT molecular complexity index is 762. The van der Waals surface area contributed by atoms with Gasteiger partial charge in [0.25, 0.3) is 0 Å². The second-order valence-corrected chi connectivity index (χ2v) is 6.14. The van der Waals surface area contributed by atoms with Crippen LogP contribution in [-0.2, 0) is 11.0 Å². The Morgan fingerprint density at radius 3 is 2.88 bits per heavy atom. The maximum atomic E-state index is 13.0. The van der Waals surface area contributed by atoms with E-state index in [0.29, 0.717) is 12.2 Å². The molecule has 1 amide bonds. The number of aromatic nitrogens is 3. The minimum Gasteiger partial charge on any atom is -0.323 e. The first kappa shape index (κ1) is 18.3. The van der Waals surface area contributed by atoms with Crippen molar-refractivity contribution in [3.63, 3.8) is 0 Å². The van der Waals surface area contributed by atoms with Crippen LogP contribution in [0.5, 0.6) is 0 Å². The van der Waals surface area contributed by atoms with E-state index in [2.05, 4.69) is 20.7 Å². The van der Waals surface area contributed by atoms with Gasteiger partial charge in [0.2, 0.25) is 5.91 Å². The molecule has 1 fully saturated rings. The molecule has 1 aromatic heterocycles. The maximum absolute atomic E-state index is 13.0. The SMILES string of the molecule is C[C@H]1CNCCN1CC(=O)Nc1cc(C(F)(F)F)ccc1-n1cncn1. The van der Waals surface area contributed by atoms with E-state index in [-0.39, 0.29) is 24.2 Å². The van der Waals surface area contributed by atoms with Crippen LogP contribution in [0.4, 0.5) is 18.9 Å². The highest BCUT2D eigenvalue weighted by Gasteiger charge is 2.31. The highest BCUT2D eigenvalue weighted by atomic mass is 19.4. The molecule has 0 unspecified atom stereocenters. The summed E-state index contributed by atoms with van der Waals surface area (Å²) >= 11 is 0. The van der Waals surface area contributed by atoms with Gasteiger partial charge in [0.15, 0.2) is 0 Å². The molecule has 3 rings (SSSR count). The standard InChI is InChI=1S/C16H19F3N6O/c1-11-7-20-4-5-24(11)8-15(26)23-13-6-12(16(17,18)19)2-3-14(13)25-10-21-9-22-25/h2-3,6,9-11,20H,4-5,7-8H2,1H3,(H,23,26)/t11-/m0/s1. The fourth-order valence-corrected chi connectivity index (χ4v) is 2.84. The largest absolute Gasteiger partial charge is 0.416 e. The molecule has 1 atom stereocenters. The molecule has 0 aliphatic carbocycles. The molecule has 1 aromatic carbocycles. The number of nitrogens with zero attached hydrogens (tertiary/aromatic N) is 4. The van der Waals surface area contributed by atoms with Gasteiger partial charge in [0, 0.05) is 25.7 Å². The summed E-state index contributed by atoms with van der Waals surface area (Å²) in [6.45, 7) is 4.33. The summed E-state index contributed by atoms with van der Waals surface area (Å²) in [7, 11) is 0. The fraction of sp³-hybridized carbons (Fsp3) is 0.438. The lowest BCUT2D eigenvalue weighted by Crippen LogP contribution is -2.52.